The van der Waals surface area contributed by atoms with E-state index in [0.717, 1.165) is 18.2 Å². The standard InChI is InChI=1S/C10H9FN2O5S/c11-6-2-1-5(9(15)16)3-7(6)19(18)4-8(14)13-10(12)17/h1-3H,4H2,(H,15,16)(H3,12,13,14,17). The monoisotopic (exact) mass is 288 g/mol. The number of primary amides is 1. The number of carboxylic acids is 1. The van der Waals surface area contributed by atoms with Crippen LogP contribution >= 0.6 is 0 Å². The third-order valence-corrected chi connectivity index (χ3v) is 3.28. The average molecular weight is 288 g/mol. The molecule has 0 saturated heterocycles. The van der Waals surface area contributed by atoms with Crippen LogP contribution in [0, 0.1) is 5.82 Å². The van der Waals surface area contributed by atoms with Crippen LogP contribution in [-0.2, 0) is 15.6 Å². The van der Waals surface area contributed by atoms with Crippen LogP contribution in [0.25, 0.3) is 0 Å². The van der Waals surface area contributed by atoms with E-state index in [1.165, 1.54) is 0 Å². The van der Waals surface area contributed by atoms with Gasteiger partial charge >= 0.3 is 12.0 Å². The Morgan fingerprint density at radius 2 is 2.00 bits per heavy atom. The molecular formula is C10H9FN2O5S. The van der Waals surface area contributed by atoms with Crippen LogP contribution in [0.5, 0.6) is 0 Å². The molecule has 4 N–H and O–H groups in total. The molecule has 1 atom stereocenters. The maximum atomic E-state index is 13.4. The smallest absolute Gasteiger partial charge is 0.335 e. The zero-order chi connectivity index (χ0) is 14.6. The number of imide groups is 1. The van der Waals surface area contributed by atoms with Crippen molar-refractivity contribution >= 4 is 28.7 Å². The summed E-state index contributed by atoms with van der Waals surface area (Å²) in [7, 11) is -2.13. The van der Waals surface area contributed by atoms with Gasteiger partial charge in [0.05, 0.1) is 21.3 Å². The van der Waals surface area contributed by atoms with Gasteiger partial charge in [0.2, 0.25) is 5.91 Å². The minimum absolute atomic E-state index is 0.264. The summed E-state index contributed by atoms with van der Waals surface area (Å²) in [6.45, 7) is 0. The van der Waals surface area contributed by atoms with Crippen LogP contribution in [0.3, 0.4) is 0 Å². The minimum atomic E-state index is -2.13. The zero-order valence-electron chi connectivity index (χ0n) is 9.38. The largest absolute Gasteiger partial charge is 0.478 e. The topological polar surface area (TPSA) is 127 Å². The van der Waals surface area contributed by atoms with Gasteiger partial charge in [0.25, 0.3) is 0 Å². The number of hydrogen-bond acceptors (Lipinski definition) is 4. The second kappa shape index (κ2) is 6.05. The van der Waals surface area contributed by atoms with E-state index in [2.05, 4.69) is 5.73 Å². The van der Waals surface area contributed by atoms with Crippen molar-refractivity contribution in [1.29, 1.82) is 0 Å². The van der Waals surface area contributed by atoms with Crippen LogP contribution in [0.1, 0.15) is 10.4 Å². The number of aromatic carboxylic acids is 1. The summed E-state index contributed by atoms with van der Waals surface area (Å²) >= 11 is 0. The number of halogens is 1. The number of benzene rings is 1. The number of nitrogens with two attached hydrogens (primary N) is 1. The van der Waals surface area contributed by atoms with Gasteiger partial charge in [-0.15, -0.1) is 0 Å². The number of carboxylic acid groups (broad SMARTS) is 1. The Balaban J connectivity index is 2.93. The van der Waals surface area contributed by atoms with Gasteiger partial charge in [0.15, 0.2) is 0 Å². The Bertz CT molecular complexity index is 575. The van der Waals surface area contributed by atoms with Crippen molar-refractivity contribution in [3.8, 4) is 0 Å². The number of carbonyl (C=O) groups excluding carboxylic acids is 2. The van der Waals surface area contributed by atoms with Gasteiger partial charge in [-0.25, -0.2) is 14.0 Å². The summed E-state index contributed by atoms with van der Waals surface area (Å²) in [5.74, 6) is -3.89. The molecule has 0 saturated carbocycles. The van der Waals surface area contributed by atoms with Crippen molar-refractivity contribution in [3.05, 3.63) is 29.6 Å². The number of rotatable bonds is 4. The van der Waals surface area contributed by atoms with E-state index < -0.39 is 45.2 Å². The van der Waals surface area contributed by atoms with Gasteiger partial charge in [0, 0.05) is 0 Å². The highest BCUT2D eigenvalue weighted by Gasteiger charge is 2.17. The first-order valence-corrected chi connectivity index (χ1v) is 6.13. The molecule has 9 heteroatoms. The maximum absolute atomic E-state index is 13.4. The van der Waals surface area contributed by atoms with E-state index in [4.69, 9.17) is 5.11 Å². The number of amides is 3. The predicted molar refractivity (Wildman–Crippen MR) is 62.4 cm³/mol. The summed E-state index contributed by atoms with van der Waals surface area (Å²) in [6, 6.07) is 1.58. The number of urea groups is 1. The first-order valence-electron chi connectivity index (χ1n) is 4.81. The van der Waals surface area contributed by atoms with E-state index in [-0.39, 0.29) is 5.56 Å². The second-order valence-electron chi connectivity index (χ2n) is 3.35. The molecule has 102 valence electrons. The molecule has 0 bridgehead atoms. The number of carbonyl (C=O) groups is 3. The molecule has 0 aliphatic rings. The highest BCUT2D eigenvalue weighted by Crippen LogP contribution is 2.15. The lowest BCUT2D eigenvalue weighted by Gasteiger charge is -2.04. The first-order chi connectivity index (χ1) is 8.81. The molecule has 3 amide bonds. The fourth-order valence-electron chi connectivity index (χ4n) is 1.18. The Morgan fingerprint density at radius 3 is 2.53 bits per heavy atom. The third-order valence-electron chi connectivity index (χ3n) is 1.95. The van der Waals surface area contributed by atoms with Gasteiger partial charge in [-0.1, -0.05) is 0 Å². The van der Waals surface area contributed by atoms with E-state index >= 15 is 0 Å². The van der Waals surface area contributed by atoms with Crippen molar-refractivity contribution in [1.82, 2.24) is 5.32 Å². The molecule has 0 aliphatic heterocycles. The molecule has 19 heavy (non-hydrogen) atoms. The molecule has 0 radical (unpaired) electrons. The van der Waals surface area contributed by atoms with E-state index in [0.29, 0.717) is 0 Å². The molecule has 0 aromatic heterocycles. The van der Waals surface area contributed by atoms with E-state index in [1.54, 1.807) is 5.32 Å². The summed E-state index contributed by atoms with van der Waals surface area (Å²) in [5.41, 5.74) is 4.42. The Labute approximate surface area is 109 Å². The molecule has 1 aromatic carbocycles. The number of nitrogens with one attached hydrogen (secondary N) is 1. The second-order valence-corrected chi connectivity index (χ2v) is 4.77. The van der Waals surface area contributed by atoms with E-state index in [1.807, 2.05) is 0 Å². The predicted octanol–water partition coefficient (Wildman–Crippen LogP) is -0.174. The Kier molecular flexibility index (Phi) is 4.70. The highest BCUT2D eigenvalue weighted by molar-refractivity contribution is 7.85. The molecule has 7 nitrogen and oxygen atoms in total. The third kappa shape index (κ3) is 4.14. The van der Waals surface area contributed by atoms with Crippen molar-refractivity contribution in [2.75, 3.05) is 5.75 Å². The fraction of sp³-hybridized carbons (Fsp3) is 0.100. The lowest BCUT2D eigenvalue weighted by molar-refractivity contribution is -0.117. The molecule has 0 fully saturated rings. The van der Waals surface area contributed by atoms with Crippen molar-refractivity contribution in [2.24, 2.45) is 5.73 Å². The van der Waals surface area contributed by atoms with Gasteiger partial charge in [-0.3, -0.25) is 14.3 Å². The van der Waals surface area contributed by atoms with Gasteiger partial charge in [0.1, 0.15) is 11.6 Å². The van der Waals surface area contributed by atoms with Crippen molar-refractivity contribution in [2.45, 2.75) is 4.90 Å². The van der Waals surface area contributed by atoms with Crippen LogP contribution < -0.4 is 11.1 Å². The minimum Gasteiger partial charge on any atom is -0.478 e. The van der Waals surface area contributed by atoms with Crippen LogP contribution in [-0.4, -0.2) is 33.0 Å². The highest BCUT2D eigenvalue weighted by atomic mass is 32.2. The van der Waals surface area contributed by atoms with Crippen molar-refractivity contribution < 1.29 is 28.1 Å². The molecule has 0 heterocycles. The molecule has 1 unspecified atom stereocenters. The fourth-order valence-corrected chi connectivity index (χ4v) is 2.19. The Hall–Kier alpha value is -2.29. The van der Waals surface area contributed by atoms with E-state index in [9.17, 15) is 23.0 Å². The van der Waals surface area contributed by atoms with Gasteiger partial charge in [-0.2, -0.15) is 0 Å². The molecule has 1 rings (SSSR count). The quantitative estimate of drug-likeness (QED) is 0.708. The lowest BCUT2D eigenvalue weighted by Crippen LogP contribution is -2.37. The van der Waals surface area contributed by atoms with Crippen LogP contribution in [0.15, 0.2) is 23.1 Å². The summed E-state index contributed by atoms with van der Waals surface area (Å²) in [4.78, 5) is 31.8. The first kappa shape index (κ1) is 14.8. The molecule has 1 aromatic rings. The Morgan fingerprint density at radius 1 is 1.37 bits per heavy atom. The normalized spacial score (nSPS) is 11.6. The summed E-state index contributed by atoms with van der Waals surface area (Å²) < 4.78 is 25.1. The molecular weight excluding hydrogens is 279 g/mol. The van der Waals surface area contributed by atoms with Crippen LogP contribution in [0.2, 0.25) is 0 Å². The van der Waals surface area contributed by atoms with Gasteiger partial charge in [-0.05, 0) is 18.2 Å². The summed E-state index contributed by atoms with van der Waals surface area (Å²) in [6.07, 6.45) is 0. The SMILES string of the molecule is NC(=O)NC(=O)CS(=O)c1cc(C(=O)O)ccc1F. The van der Waals surface area contributed by atoms with Crippen LogP contribution in [0.4, 0.5) is 9.18 Å². The lowest BCUT2D eigenvalue weighted by atomic mass is 10.2. The summed E-state index contributed by atoms with van der Waals surface area (Å²) in [5, 5.41) is 10.4. The van der Waals surface area contributed by atoms with Gasteiger partial charge < -0.3 is 10.8 Å². The average Bonchev–Trinajstić information content (AvgIpc) is 2.27. The van der Waals surface area contributed by atoms with Crippen molar-refractivity contribution in [3.63, 3.8) is 0 Å². The number of hydrogen-bond donors (Lipinski definition) is 3. The zero-order valence-corrected chi connectivity index (χ0v) is 10.2. The maximum Gasteiger partial charge on any atom is 0.335 e. The molecule has 0 spiro atoms. The molecule has 0 aliphatic carbocycles.